The minimum atomic E-state index is -3.87. The van der Waals surface area contributed by atoms with Crippen molar-refractivity contribution < 1.29 is 17.9 Å². The number of amides is 1. The molecule has 1 aliphatic heterocycles. The van der Waals surface area contributed by atoms with E-state index in [9.17, 15) is 13.2 Å². The van der Waals surface area contributed by atoms with Gasteiger partial charge in [-0.1, -0.05) is 0 Å². The van der Waals surface area contributed by atoms with Crippen molar-refractivity contribution >= 4 is 15.9 Å². The summed E-state index contributed by atoms with van der Waals surface area (Å²) in [6, 6.07) is 0. The first-order valence-electron chi connectivity index (χ1n) is 6.98. The maximum absolute atomic E-state index is 12.3. The van der Waals surface area contributed by atoms with Crippen LogP contribution in [0.2, 0.25) is 0 Å². The summed E-state index contributed by atoms with van der Waals surface area (Å²) in [5.41, 5.74) is 0.890. The van der Waals surface area contributed by atoms with Crippen molar-refractivity contribution in [2.75, 3.05) is 6.61 Å². The lowest BCUT2D eigenvalue weighted by Gasteiger charge is -2.10. The number of ether oxygens (including phenoxy) is 1. The Morgan fingerprint density at radius 1 is 1.48 bits per heavy atom. The van der Waals surface area contributed by atoms with Crippen molar-refractivity contribution in [1.29, 1.82) is 0 Å². The molecule has 0 radical (unpaired) electrons. The second-order valence-corrected chi connectivity index (χ2v) is 6.95. The number of carbonyl (C=O) groups excluding carboxylic acids is 1. The van der Waals surface area contributed by atoms with E-state index >= 15 is 0 Å². The van der Waals surface area contributed by atoms with Crippen molar-refractivity contribution in [3.63, 3.8) is 0 Å². The predicted octanol–water partition coefficient (Wildman–Crippen LogP) is 0.801. The molecule has 1 aliphatic rings. The molecule has 1 aromatic heterocycles. The van der Waals surface area contributed by atoms with E-state index in [1.54, 1.807) is 20.9 Å². The molecule has 21 heavy (non-hydrogen) atoms. The van der Waals surface area contributed by atoms with Gasteiger partial charge < -0.3 is 4.74 Å². The molecule has 0 saturated carbocycles. The third-order valence-corrected chi connectivity index (χ3v) is 5.30. The Balaban J connectivity index is 2.01. The number of nitrogens with one attached hydrogen (secondary N) is 1. The first-order chi connectivity index (χ1) is 9.81. The van der Waals surface area contributed by atoms with Crippen LogP contribution in [0.15, 0.2) is 4.90 Å². The van der Waals surface area contributed by atoms with Gasteiger partial charge in [-0.3, -0.25) is 9.48 Å². The Labute approximate surface area is 124 Å². The summed E-state index contributed by atoms with van der Waals surface area (Å²) in [7, 11) is -2.20. The number of rotatable bonds is 5. The van der Waals surface area contributed by atoms with E-state index in [1.807, 2.05) is 0 Å². The fraction of sp³-hybridized carbons (Fsp3) is 0.692. The zero-order valence-corrected chi connectivity index (χ0v) is 13.4. The normalized spacial score (nSPS) is 18.9. The van der Waals surface area contributed by atoms with Crippen LogP contribution in [0.1, 0.15) is 37.1 Å². The Hall–Kier alpha value is -1.41. The molecule has 1 atom stereocenters. The number of hydrogen-bond donors (Lipinski definition) is 1. The molecule has 1 N–H and O–H groups in total. The number of sulfonamides is 1. The second-order valence-electron chi connectivity index (χ2n) is 5.33. The minimum absolute atomic E-state index is 0.0697. The molecular formula is C13H21N3O4S. The lowest BCUT2D eigenvalue weighted by molar-refractivity contribution is -0.119. The maximum Gasteiger partial charge on any atom is 0.267 e. The molecule has 8 heteroatoms. The summed E-state index contributed by atoms with van der Waals surface area (Å²) >= 11 is 0. The highest BCUT2D eigenvalue weighted by Gasteiger charge is 2.26. The van der Waals surface area contributed by atoms with Gasteiger partial charge in [0.15, 0.2) is 0 Å². The van der Waals surface area contributed by atoms with E-state index in [2.05, 4.69) is 9.82 Å². The molecule has 0 aliphatic carbocycles. The van der Waals surface area contributed by atoms with E-state index < -0.39 is 15.9 Å². The largest absolute Gasteiger partial charge is 0.378 e. The van der Waals surface area contributed by atoms with Gasteiger partial charge in [-0.25, -0.2) is 13.1 Å². The van der Waals surface area contributed by atoms with Gasteiger partial charge >= 0.3 is 0 Å². The lowest BCUT2D eigenvalue weighted by Crippen LogP contribution is -2.31. The Bertz CT molecular complexity index is 630. The van der Waals surface area contributed by atoms with Gasteiger partial charge in [-0.2, -0.15) is 5.10 Å². The van der Waals surface area contributed by atoms with Crippen LogP contribution in [-0.2, 0) is 26.6 Å². The molecular weight excluding hydrogens is 294 g/mol. The smallest absolute Gasteiger partial charge is 0.267 e. The molecule has 1 amide bonds. The standard InChI is InChI=1S/C13H21N3O4S/c1-9-13(10(2)16(3)14-9)21(18,19)15-12(17)7-6-11-5-4-8-20-11/h11H,4-8H2,1-3H3,(H,15,17). The van der Waals surface area contributed by atoms with Crippen molar-refractivity contribution in [3.8, 4) is 0 Å². The van der Waals surface area contributed by atoms with Gasteiger partial charge in [0, 0.05) is 20.1 Å². The summed E-state index contributed by atoms with van der Waals surface area (Å²) in [5.74, 6) is -0.506. The van der Waals surface area contributed by atoms with Crippen molar-refractivity contribution in [2.24, 2.45) is 7.05 Å². The molecule has 2 rings (SSSR count). The van der Waals surface area contributed by atoms with Crippen LogP contribution in [0, 0.1) is 13.8 Å². The van der Waals surface area contributed by atoms with E-state index in [0.717, 1.165) is 19.4 Å². The van der Waals surface area contributed by atoms with Crippen molar-refractivity contribution in [3.05, 3.63) is 11.4 Å². The fourth-order valence-corrected chi connectivity index (χ4v) is 4.01. The van der Waals surface area contributed by atoms with Crippen LogP contribution in [0.25, 0.3) is 0 Å². The molecule has 0 aromatic carbocycles. The lowest BCUT2D eigenvalue weighted by atomic mass is 10.1. The van der Waals surface area contributed by atoms with Gasteiger partial charge in [0.2, 0.25) is 5.91 Å². The monoisotopic (exact) mass is 315 g/mol. The summed E-state index contributed by atoms with van der Waals surface area (Å²) in [6.45, 7) is 3.99. The zero-order valence-electron chi connectivity index (χ0n) is 12.5. The summed E-state index contributed by atoms with van der Waals surface area (Å²) in [4.78, 5) is 11.9. The SMILES string of the molecule is Cc1nn(C)c(C)c1S(=O)(=O)NC(=O)CCC1CCCO1. The first kappa shape index (κ1) is 16.0. The molecule has 1 fully saturated rings. The molecule has 1 unspecified atom stereocenters. The summed E-state index contributed by atoms with van der Waals surface area (Å²) in [6.07, 6.45) is 2.69. The van der Waals surface area contributed by atoms with Crippen LogP contribution in [0.5, 0.6) is 0 Å². The van der Waals surface area contributed by atoms with Gasteiger partial charge in [0.25, 0.3) is 10.0 Å². The molecule has 0 spiro atoms. The van der Waals surface area contributed by atoms with Crippen LogP contribution < -0.4 is 4.72 Å². The van der Waals surface area contributed by atoms with Crippen LogP contribution in [-0.4, -0.2) is 36.8 Å². The van der Waals surface area contributed by atoms with Gasteiger partial charge in [-0.15, -0.1) is 0 Å². The third-order valence-electron chi connectivity index (χ3n) is 3.68. The number of hydrogen-bond acceptors (Lipinski definition) is 5. The average Bonchev–Trinajstić information content (AvgIpc) is 2.96. The fourth-order valence-electron chi connectivity index (χ4n) is 2.56. The molecule has 1 aromatic rings. The topological polar surface area (TPSA) is 90.3 Å². The Morgan fingerprint density at radius 3 is 2.71 bits per heavy atom. The quantitative estimate of drug-likeness (QED) is 0.868. The number of aromatic nitrogens is 2. The minimum Gasteiger partial charge on any atom is -0.378 e. The predicted molar refractivity (Wildman–Crippen MR) is 76.2 cm³/mol. The van der Waals surface area contributed by atoms with E-state index in [-0.39, 0.29) is 17.4 Å². The van der Waals surface area contributed by atoms with E-state index in [0.29, 0.717) is 17.8 Å². The van der Waals surface area contributed by atoms with Crippen LogP contribution >= 0.6 is 0 Å². The van der Waals surface area contributed by atoms with E-state index in [1.165, 1.54) is 4.68 Å². The van der Waals surface area contributed by atoms with Gasteiger partial charge in [-0.05, 0) is 33.1 Å². The highest BCUT2D eigenvalue weighted by Crippen LogP contribution is 2.19. The molecule has 2 heterocycles. The molecule has 7 nitrogen and oxygen atoms in total. The van der Waals surface area contributed by atoms with E-state index in [4.69, 9.17) is 4.74 Å². The van der Waals surface area contributed by atoms with Gasteiger partial charge in [0.1, 0.15) is 4.90 Å². The first-order valence-corrected chi connectivity index (χ1v) is 8.47. The molecule has 118 valence electrons. The van der Waals surface area contributed by atoms with Gasteiger partial charge in [0.05, 0.1) is 17.5 Å². The molecule has 0 bridgehead atoms. The van der Waals surface area contributed by atoms with Crippen LogP contribution in [0.4, 0.5) is 0 Å². The number of nitrogens with zero attached hydrogens (tertiary/aromatic N) is 2. The average molecular weight is 315 g/mol. The third kappa shape index (κ3) is 3.62. The maximum atomic E-state index is 12.3. The summed E-state index contributed by atoms with van der Waals surface area (Å²) in [5, 5.41) is 4.06. The zero-order chi connectivity index (χ0) is 15.6. The Morgan fingerprint density at radius 2 is 2.19 bits per heavy atom. The highest BCUT2D eigenvalue weighted by atomic mass is 32.2. The second kappa shape index (κ2) is 6.15. The van der Waals surface area contributed by atoms with Crippen molar-refractivity contribution in [1.82, 2.24) is 14.5 Å². The van der Waals surface area contributed by atoms with Crippen LogP contribution in [0.3, 0.4) is 0 Å². The molecule has 1 saturated heterocycles. The number of carbonyl (C=O) groups is 1. The number of aryl methyl sites for hydroxylation is 2. The summed E-state index contributed by atoms with van der Waals surface area (Å²) < 4.78 is 33.6. The highest BCUT2D eigenvalue weighted by molar-refractivity contribution is 7.90. The Kier molecular flexibility index (Phi) is 4.67. The van der Waals surface area contributed by atoms with Crippen molar-refractivity contribution in [2.45, 2.75) is 50.5 Å².